The Morgan fingerprint density at radius 1 is 1.10 bits per heavy atom. The van der Waals surface area contributed by atoms with Gasteiger partial charge in [-0.15, -0.1) is 0 Å². The summed E-state index contributed by atoms with van der Waals surface area (Å²) in [5, 5.41) is 3.17. The second-order valence-electron chi connectivity index (χ2n) is 6.48. The molecule has 0 spiro atoms. The largest absolute Gasteiger partial charge is 0.356 e. The highest BCUT2D eigenvalue weighted by molar-refractivity contribution is 5.75. The fourth-order valence-corrected chi connectivity index (χ4v) is 3.90. The molecule has 2 aliphatic rings. The number of piperidine rings is 2. The summed E-state index contributed by atoms with van der Waals surface area (Å²) in [4.78, 5) is 14.7. The monoisotopic (exact) mass is 289 g/mol. The standard InChI is InChI=1S/C17H27N3O/c21-17(8-13-19-9-3-4-10-19)18-14-15-6-5-12-20-11-2-1-7-16(15)20/h3-4,9-10,15-16H,1-2,5-8,11-14H2,(H,18,21). The number of aromatic nitrogens is 1. The van der Waals surface area contributed by atoms with Crippen LogP contribution in [0.1, 0.15) is 38.5 Å². The number of hydrogen-bond donors (Lipinski definition) is 1. The van der Waals surface area contributed by atoms with Crippen LogP contribution in [-0.4, -0.2) is 41.1 Å². The molecule has 0 saturated carbocycles. The highest BCUT2D eigenvalue weighted by Gasteiger charge is 2.32. The van der Waals surface area contributed by atoms with E-state index in [4.69, 9.17) is 0 Å². The summed E-state index contributed by atoms with van der Waals surface area (Å²) in [5.74, 6) is 0.853. The zero-order valence-corrected chi connectivity index (χ0v) is 12.8. The maximum Gasteiger partial charge on any atom is 0.221 e. The molecule has 2 aliphatic heterocycles. The van der Waals surface area contributed by atoms with Crippen molar-refractivity contribution < 1.29 is 4.79 Å². The molecule has 2 atom stereocenters. The number of nitrogens with one attached hydrogen (secondary N) is 1. The number of carbonyl (C=O) groups excluding carboxylic acids is 1. The second kappa shape index (κ2) is 7.12. The summed E-state index contributed by atoms with van der Waals surface area (Å²) in [6.07, 6.45) is 11.2. The zero-order chi connectivity index (χ0) is 14.5. The van der Waals surface area contributed by atoms with Crippen LogP contribution in [0, 0.1) is 5.92 Å². The molecular formula is C17H27N3O. The van der Waals surface area contributed by atoms with Crippen molar-refractivity contribution in [2.45, 2.75) is 51.1 Å². The predicted octanol–water partition coefficient (Wildman–Crippen LogP) is 2.26. The molecule has 0 aliphatic carbocycles. The van der Waals surface area contributed by atoms with Gasteiger partial charge in [-0.1, -0.05) is 6.42 Å². The van der Waals surface area contributed by atoms with Crippen LogP contribution in [0.2, 0.25) is 0 Å². The highest BCUT2D eigenvalue weighted by atomic mass is 16.1. The lowest BCUT2D eigenvalue weighted by molar-refractivity contribution is -0.121. The third-order valence-electron chi connectivity index (χ3n) is 5.05. The number of fused-ring (bicyclic) bond motifs is 1. The average Bonchev–Trinajstić information content (AvgIpc) is 3.04. The van der Waals surface area contributed by atoms with Crippen LogP contribution in [0.25, 0.3) is 0 Å². The first-order valence-electron chi connectivity index (χ1n) is 8.44. The van der Waals surface area contributed by atoms with Gasteiger partial charge >= 0.3 is 0 Å². The van der Waals surface area contributed by atoms with Crippen LogP contribution in [0.4, 0.5) is 0 Å². The van der Waals surface area contributed by atoms with Gasteiger partial charge in [-0.05, 0) is 56.8 Å². The van der Waals surface area contributed by atoms with Crippen LogP contribution >= 0.6 is 0 Å². The summed E-state index contributed by atoms with van der Waals surface area (Å²) < 4.78 is 2.06. The Balaban J connectivity index is 1.42. The third kappa shape index (κ3) is 3.88. The first-order valence-corrected chi connectivity index (χ1v) is 8.44. The van der Waals surface area contributed by atoms with Crippen LogP contribution in [0.15, 0.2) is 24.5 Å². The Kier molecular flexibility index (Phi) is 4.96. The minimum atomic E-state index is 0.191. The summed E-state index contributed by atoms with van der Waals surface area (Å²) in [7, 11) is 0. The molecule has 1 aromatic rings. The minimum Gasteiger partial charge on any atom is -0.356 e. The van der Waals surface area contributed by atoms with Gasteiger partial charge in [-0.3, -0.25) is 4.79 Å². The molecule has 3 rings (SSSR count). The summed E-state index contributed by atoms with van der Waals surface area (Å²) >= 11 is 0. The van der Waals surface area contributed by atoms with E-state index >= 15 is 0 Å². The Morgan fingerprint density at radius 3 is 2.76 bits per heavy atom. The van der Waals surface area contributed by atoms with Crippen molar-refractivity contribution in [3.63, 3.8) is 0 Å². The van der Waals surface area contributed by atoms with Crippen molar-refractivity contribution in [1.82, 2.24) is 14.8 Å². The molecule has 0 aromatic carbocycles. The van der Waals surface area contributed by atoms with Crippen LogP contribution in [0.3, 0.4) is 0 Å². The normalized spacial score (nSPS) is 26.3. The highest BCUT2D eigenvalue weighted by Crippen LogP contribution is 2.30. The van der Waals surface area contributed by atoms with Crippen LogP contribution in [-0.2, 0) is 11.3 Å². The predicted molar refractivity (Wildman–Crippen MR) is 84.0 cm³/mol. The van der Waals surface area contributed by atoms with Gasteiger partial charge in [0.25, 0.3) is 0 Å². The second-order valence-corrected chi connectivity index (χ2v) is 6.48. The molecule has 1 N–H and O–H groups in total. The van der Waals surface area contributed by atoms with Gasteiger partial charge < -0.3 is 14.8 Å². The maximum atomic E-state index is 12.0. The number of aryl methyl sites for hydroxylation is 1. The van der Waals surface area contributed by atoms with E-state index in [0.29, 0.717) is 12.3 Å². The van der Waals surface area contributed by atoms with E-state index in [1.807, 2.05) is 24.5 Å². The lowest BCUT2D eigenvalue weighted by Gasteiger charge is -2.44. The molecule has 0 radical (unpaired) electrons. The topological polar surface area (TPSA) is 37.3 Å². The Labute approximate surface area is 127 Å². The fourth-order valence-electron chi connectivity index (χ4n) is 3.90. The molecule has 1 amide bonds. The summed E-state index contributed by atoms with van der Waals surface area (Å²) in [6, 6.07) is 4.71. The minimum absolute atomic E-state index is 0.191. The van der Waals surface area contributed by atoms with Crippen molar-refractivity contribution in [1.29, 1.82) is 0 Å². The number of amides is 1. The lowest BCUT2D eigenvalue weighted by atomic mass is 9.83. The Morgan fingerprint density at radius 2 is 1.90 bits per heavy atom. The number of hydrogen-bond acceptors (Lipinski definition) is 2. The van der Waals surface area contributed by atoms with Gasteiger partial charge in [0.2, 0.25) is 5.91 Å². The number of rotatable bonds is 5. The first kappa shape index (κ1) is 14.6. The molecule has 4 heteroatoms. The Bertz CT molecular complexity index is 441. The molecule has 21 heavy (non-hydrogen) atoms. The molecule has 0 bridgehead atoms. The van der Waals surface area contributed by atoms with E-state index in [2.05, 4.69) is 14.8 Å². The van der Waals surface area contributed by atoms with Gasteiger partial charge in [0.1, 0.15) is 0 Å². The summed E-state index contributed by atoms with van der Waals surface area (Å²) in [5.41, 5.74) is 0. The lowest BCUT2D eigenvalue weighted by Crippen LogP contribution is -2.51. The molecule has 1 aromatic heterocycles. The summed E-state index contributed by atoms with van der Waals surface area (Å²) in [6.45, 7) is 4.18. The van der Waals surface area contributed by atoms with E-state index in [1.54, 1.807) is 0 Å². The number of carbonyl (C=O) groups is 1. The van der Waals surface area contributed by atoms with Crippen LogP contribution < -0.4 is 5.32 Å². The van der Waals surface area contributed by atoms with Gasteiger partial charge in [0.05, 0.1) is 0 Å². The molecule has 4 nitrogen and oxygen atoms in total. The molecule has 2 fully saturated rings. The van der Waals surface area contributed by atoms with Crippen molar-refractivity contribution in [3.8, 4) is 0 Å². The van der Waals surface area contributed by atoms with E-state index in [-0.39, 0.29) is 5.91 Å². The maximum absolute atomic E-state index is 12.0. The Hall–Kier alpha value is -1.29. The van der Waals surface area contributed by atoms with E-state index in [1.165, 1.54) is 45.2 Å². The number of nitrogens with zero attached hydrogens (tertiary/aromatic N) is 2. The zero-order valence-electron chi connectivity index (χ0n) is 12.8. The van der Waals surface area contributed by atoms with E-state index in [9.17, 15) is 4.79 Å². The molecule has 2 unspecified atom stereocenters. The smallest absolute Gasteiger partial charge is 0.221 e. The quantitative estimate of drug-likeness (QED) is 0.903. The average molecular weight is 289 g/mol. The van der Waals surface area contributed by atoms with Gasteiger partial charge in [-0.25, -0.2) is 0 Å². The third-order valence-corrected chi connectivity index (χ3v) is 5.05. The van der Waals surface area contributed by atoms with Crippen molar-refractivity contribution in [2.24, 2.45) is 5.92 Å². The van der Waals surface area contributed by atoms with E-state index in [0.717, 1.165) is 19.1 Å². The van der Waals surface area contributed by atoms with Gasteiger partial charge in [0.15, 0.2) is 0 Å². The van der Waals surface area contributed by atoms with Crippen molar-refractivity contribution in [2.75, 3.05) is 19.6 Å². The fraction of sp³-hybridized carbons (Fsp3) is 0.706. The van der Waals surface area contributed by atoms with Crippen LogP contribution in [0.5, 0.6) is 0 Å². The SMILES string of the molecule is O=C(CCn1cccc1)NCC1CCCN2CCCCC12. The first-order chi connectivity index (χ1) is 10.3. The molecular weight excluding hydrogens is 262 g/mol. The van der Waals surface area contributed by atoms with Crippen molar-refractivity contribution >= 4 is 5.91 Å². The van der Waals surface area contributed by atoms with Gasteiger partial charge in [-0.2, -0.15) is 0 Å². The van der Waals surface area contributed by atoms with Crippen molar-refractivity contribution in [3.05, 3.63) is 24.5 Å². The van der Waals surface area contributed by atoms with Gasteiger partial charge in [0, 0.05) is 37.9 Å². The molecule has 2 saturated heterocycles. The molecule has 116 valence electrons. The van der Waals surface area contributed by atoms with E-state index < -0.39 is 0 Å². The molecule has 3 heterocycles.